The predicted molar refractivity (Wildman–Crippen MR) is 512 cm³/mol. The number of guanidine groups is 1. The van der Waals surface area contributed by atoms with Crippen LogP contribution in [0.4, 0.5) is 0 Å². The number of carboxylic acid groups (broad SMARTS) is 1. The number of benzene rings is 2. The van der Waals surface area contributed by atoms with Gasteiger partial charge < -0.3 is 161 Å². The SMILES string of the molecule is CC[C@H](C)[C@H](NC(=O)[C@@H]1C[C@@H](O)CN1C(=O)[C@@H](N)C(C)C)C(=O)N[C@H](C(=O)N[C@@H](Cc1ccc(O)cc1)C(=O)N[C@@H](CO)C(=O)N[C@@H](CC(N)=O)C(=O)N[C@@H](CCCN=C(N)N)C(=O)N[C@@H](CCNC(C)C)C(=O)N[C@H](C(=O)N[C@H](CCN)C(=O)N[C@@H](CCCCN)C(=O)N[C@@H](CCNC(C)C)C(=O)N[C@@H](CCN)C(=O)N[C@@H](CS)C(=O)N[C@@H](Cc1ccc(O)cc1)C(=O)O)[C@@H](C)O)C(C)(C)S. The summed E-state index contributed by atoms with van der Waals surface area (Å²) in [4.78, 5) is 246. The number of primary amides is 1. The van der Waals surface area contributed by atoms with Gasteiger partial charge in [0.15, 0.2) is 5.96 Å². The minimum absolute atomic E-state index is 0.0280. The number of aliphatic hydroxyl groups excluding tert-OH is 3. The zero-order chi connectivity index (χ0) is 103. The fraction of sp³-hybridized carbons (Fsp3) is 0.655. The number of carboxylic acids is 1. The second-order valence-corrected chi connectivity index (χ2v) is 36.8. The Hall–Kier alpha value is -11.4. The third kappa shape index (κ3) is 42.3. The van der Waals surface area contributed by atoms with Gasteiger partial charge in [-0.2, -0.15) is 25.3 Å². The molecule has 50 heteroatoms. The summed E-state index contributed by atoms with van der Waals surface area (Å²) < 4.78 is -1.48. The van der Waals surface area contributed by atoms with Crippen molar-refractivity contribution < 1.29 is 112 Å². The largest absolute Gasteiger partial charge is 0.508 e. The molecule has 2 aromatic carbocycles. The highest BCUT2D eigenvalue weighted by molar-refractivity contribution is 7.81. The third-order valence-electron chi connectivity index (χ3n) is 22.2. The summed E-state index contributed by atoms with van der Waals surface area (Å²) >= 11 is 8.84. The minimum Gasteiger partial charge on any atom is -0.508 e. The van der Waals surface area contributed by atoms with E-state index in [1.807, 2.05) is 13.8 Å². The van der Waals surface area contributed by atoms with Crippen LogP contribution in [0.3, 0.4) is 0 Å². The highest BCUT2D eigenvalue weighted by atomic mass is 32.1. The van der Waals surface area contributed by atoms with Crippen molar-refractivity contribution in [2.24, 2.45) is 57.0 Å². The average Bonchev–Trinajstić information content (AvgIpc) is 1.59. The molecule has 0 aromatic heterocycles. The normalized spacial score (nSPS) is 16.9. The topological polar surface area (TPSA) is 802 Å². The number of rotatable bonds is 63. The van der Waals surface area contributed by atoms with Crippen LogP contribution in [0.15, 0.2) is 53.5 Å². The van der Waals surface area contributed by atoms with Gasteiger partial charge in [-0.1, -0.05) is 86.1 Å². The number of aromatic hydroxyl groups is 2. The van der Waals surface area contributed by atoms with E-state index in [0.717, 1.165) is 11.8 Å². The van der Waals surface area contributed by atoms with Gasteiger partial charge in [0, 0.05) is 54.9 Å². The summed E-state index contributed by atoms with van der Waals surface area (Å²) in [5, 5.41) is 104. The number of hydrogen-bond donors (Lipinski definition) is 31. The van der Waals surface area contributed by atoms with E-state index in [9.17, 15) is 112 Å². The number of aliphatic carboxylic acids is 1. The van der Waals surface area contributed by atoms with Crippen molar-refractivity contribution in [2.75, 3.05) is 58.2 Å². The van der Waals surface area contributed by atoms with E-state index in [-0.39, 0.29) is 151 Å². The third-order valence-corrected chi connectivity index (χ3v) is 22.8. The van der Waals surface area contributed by atoms with Crippen molar-refractivity contribution in [2.45, 2.75) is 292 Å². The number of unbranched alkanes of at least 4 members (excludes halogenated alkanes) is 1. The number of likely N-dealkylation sites (tertiary alicyclic amines) is 1. The number of β-amino-alcohol motifs (C(OH)–C–C–N with tert-alkyl or cyclic N) is 1. The Balaban J connectivity index is 1.98. The monoisotopic (exact) mass is 1970 g/mol. The number of nitrogens with zero attached hydrogens (tertiary/aromatic N) is 2. The van der Waals surface area contributed by atoms with Crippen molar-refractivity contribution in [3.8, 4) is 11.5 Å². The van der Waals surface area contributed by atoms with Gasteiger partial charge in [0.1, 0.15) is 102 Å². The number of nitrogens with one attached hydrogen (secondary N) is 16. The van der Waals surface area contributed by atoms with Crippen LogP contribution in [0, 0.1) is 11.8 Å². The van der Waals surface area contributed by atoms with Crippen molar-refractivity contribution in [3.05, 3.63) is 59.7 Å². The molecule has 19 atom stereocenters. The van der Waals surface area contributed by atoms with Crippen molar-refractivity contribution >= 4 is 132 Å². The second kappa shape index (κ2) is 60.4. The summed E-state index contributed by atoms with van der Waals surface area (Å²) in [5.41, 5.74) is 41.5. The molecular formula is C87H147N25O23S2. The first-order valence-electron chi connectivity index (χ1n) is 45.7. The number of hydrogen-bond acceptors (Lipinski definition) is 31. The first-order chi connectivity index (χ1) is 64.3. The lowest BCUT2D eigenvalue weighted by Crippen LogP contribution is -2.64. The molecule has 0 bridgehead atoms. The molecule has 1 aliphatic rings. The lowest BCUT2D eigenvalue weighted by molar-refractivity contribution is -0.142. The zero-order valence-electron chi connectivity index (χ0n) is 79.5. The summed E-state index contributed by atoms with van der Waals surface area (Å²) in [6, 6.07) is -14.9. The average molecular weight is 1980 g/mol. The smallest absolute Gasteiger partial charge is 0.326 e. The van der Waals surface area contributed by atoms with Crippen LogP contribution >= 0.6 is 25.3 Å². The quantitative estimate of drug-likeness (QED) is 0.0127. The van der Waals surface area contributed by atoms with Crippen molar-refractivity contribution in [3.63, 3.8) is 0 Å². The Morgan fingerprint density at radius 3 is 1.28 bits per heavy atom. The van der Waals surface area contributed by atoms with E-state index in [4.69, 9.17) is 40.1 Å². The van der Waals surface area contributed by atoms with Crippen LogP contribution in [-0.2, 0) is 94.3 Å². The van der Waals surface area contributed by atoms with Crippen LogP contribution in [0.1, 0.15) is 164 Å². The molecule has 0 spiro atoms. The van der Waals surface area contributed by atoms with Crippen LogP contribution < -0.4 is 125 Å². The Morgan fingerprint density at radius 1 is 0.482 bits per heavy atom. The van der Waals surface area contributed by atoms with E-state index in [2.05, 4.69) is 115 Å². The first kappa shape index (κ1) is 120. The fourth-order valence-electron chi connectivity index (χ4n) is 14.1. The van der Waals surface area contributed by atoms with Gasteiger partial charge in [-0.15, -0.1) is 0 Å². The van der Waals surface area contributed by atoms with Crippen molar-refractivity contribution in [1.82, 2.24) is 90.0 Å². The van der Waals surface area contributed by atoms with Crippen LogP contribution in [-0.4, -0.2) is 326 Å². The lowest BCUT2D eigenvalue weighted by Gasteiger charge is -2.34. The van der Waals surface area contributed by atoms with Gasteiger partial charge >= 0.3 is 5.97 Å². The molecule has 0 unspecified atom stereocenters. The second-order valence-electron chi connectivity index (χ2n) is 35.3. The molecule has 16 amide bonds. The number of amides is 16. The maximum absolute atomic E-state index is 14.8. The molecule has 770 valence electrons. The molecule has 0 radical (unpaired) electrons. The van der Waals surface area contributed by atoms with Gasteiger partial charge in [0.2, 0.25) is 94.5 Å². The maximum atomic E-state index is 14.8. The summed E-state index contributed by atoms with van der Waals surface area (Å²) in [7, 11) is 0. The number of carbonyl (C=O) groups is 17. The summed E-state index contributed by atoms with van der Waals surface area (Å²) in [6.45, 7) is 16.0. The van der Waals surface area contributed by atoms with E-state index in [1.165, 1.54) is 62.4 Å². The lowest BCUT2D eigenvalue weighted by atomic mass is 9.95. The Kier molecular flexibility index (Phi) is 52.8. The van der Waals surface area contributed by atoms with E-state index < -0.39 is 239 Å². The highest BCUT2D eigenvalue weighted by Crippen LogP contribution is 2.25. The molecule has 2 aromatic rings. The maximum Gasteiger partial charge on any atom is 0.326 e. The number of aliphatic hydroxyl groups is 3. The molecule has 1 aliphatic heterocycles. The molecule has 48 nitrogen and oxygen atoms in total. The van der Waals surface area contributed by atoms with Gasteiger partial charge in [0.25, 0.3) is 0 Å². The predicted octanol–water partition coefficient (Wildman–Crippen LogP) is -8.71. The van der Waals surface area contributed by atoms with Crippen LogP contribution in [0.2, 0.25) is 0 Å². The minimum atomic E-state index is -2.04. The van der Waals surface area contributed by atoms with E-state index in [0.29, 0.717) is 24.0 Å². The molecule has 36 N–H and O–H groups in total. The molecule has 1 heterocycles. The van der Waals surface area contributed by atoms with Gasteiger partial charge in [-0.25, -0.2) is 4.79 Å². The van der Waals surface area contributed by atoms with Gasteiger partial charge in [0.05, 0.1) is 31.3 Å². The van der Waals surface area contributed by atoms with Crippen molar-refractivity contribution in [1.29, 1.82) is 0 Å². The first-order valence-corrected chi connectivity index (χ1v) is 46.7. The van der Waals surface area contributed by atoms with E-state index >= 15 is 0 Å². The Labute approximate surface area is 808 Å². The molecule has 3 rings (SSSR count). The summed E-state index contributed by atoms with van der Waals surface area (Å²) in [6.07, 6.45) is -5.40. The number of phenolic OH excluding ortho intramolecular Hbond substituents is 2. The fourth-order valence-corrected chi connectivity index (χ4v) is 14.5. The highest BCUT2D eigenvalue weighted by Gasteiger charge is 2.46. The van der Waals surface area contributed by atoms with Gasteiger partial charge in [-0.05, 0) is 159 Å². The molecule has 0 aliphatic carbocycles. The Morgan fingerprint density at radius 2 is 0.869 bits per heavy atom. The summed E-state index contributed by atoms with van der Waals surface area (Å²) in [5.74, 6) is -20.0. The van der Waals surface area contributed by atoms with Gasteiger partial charge in [-0.3, -0.25) is 81.7 Å². The molecule has 0 saturated carbocycles. The number of aliphatic imine (C=N–C) groups is 1. The molecule has 1 saturated heterocycles. The molecule has 1 fully saturated rings. The molecular weight excluding hydrogens is 1830 g/mol. The van der Waals surface area contributed by atoms with Crippen LogP contribution in [0.25, 0.3) is 0 Å². The zero-order valence-corrected chi connectivity index (χ0v) is 81.3. The number of phenols is 2. The van der Waals surface area contributed by atoms with Crippen LogP contribution in [0.5, 0.6) is 11.5 Å². The Bertz CT molecular complexity index is 4340. The number of nitrogens with two attached hydrogens (primary N) is 7. The standard InChI is InChI=1S/C87H147N25O23S2/c1-12-46(8)67(109-80(129)64-38-52(117)40-112(64)84(133)66(92)43(2)3)81(130)111-69(87(10,11)137)83(132)105-59(36-48-18-22-50(115)23-19-48)76(125)107-62(41-113)78(127)104-60(39-65(91)118)77(126)99-54(17-15-33-97-86(93)94)71(120)102-58(29-35-96-45(6)7)75(124)110-68(47(9)114)82(131)103-56(27-32-90)72(121)98-53(16-13-14-30-88)70(119)101-57(28-34-95-44(4)5)74(123)100-55(26-31-89)73(122)108-63(42-136)79(128)106-61(85(134)135)37-49-20-24-51(116)25-21-49/h18-25,43-47,52-64,66-69,95-96,113-117,136-137H,12-17,26-42,88-90,92H2,1-11H3,(H2,91,118)(H,98,121)(H,99,126)(H,100,123)(H,101,119)(H,102,120)(H,103,131)(H,104,127)(H,105,132)(H,106,128)(H,107,125)(H,108,122)(H,109,129)(H,110,124)(H,111,130)(H,134,135)(H4,93,94,97)/t46-,47+,52+,53-,54-,55-,56+,57-,58-,59-,60-,61-,62-,63-,64-,66-,67-,68-,69+/m0/s1. The number of thiol groups is 2. The van der Waals surface area contributed by atoms with E-state index in [1.54, 1.807) is 41.5 Å². The number of carbonyl (C=O) groups excluding carboxylic acids is 16. The molecule has 137 heavy (non-hydrogen) atoms.